The van der Waals surface area contributed by atoms with Gasteiger partial charge in [0.1, 0.15) is 12.3 Å². The summed E-state index contributed by atoms with van der Waals surface area (Å²) in [6.07, 6.45) is 1.01. The van der Waals surface area contributed by atoms with Crippen LogP contribution in [0, 0.1) is 13.8 Å². The molecule has 0 atom stereocenters. The Morgan fingerprint density at radius 1 is 1.13 bits per heavy atom. The molecule has 1 aliphatic rings. The molecule has 5 nitrogen and oxygen atoms in total. The molecule has 30 heavy (non-hydrogen) atoms. The molecule has 4 rings (SSSR count). The number of phenolic OH excluding ortho intramolecular Hbond substituents is 1. The normalized spacial score (nSPS) is 14.9. The van der Waals surface area contributed by atoms with Crippen molar-refractivity contribution in [1.82, 2.24) is 4.57 Å². The SMILES string of the molecule is Cc1cc(C(=O)C[NH+]2CCN(c3ccc(O)cc3)CC2)c(C)n1CCc1cccs1. The molecule has 2 N–H and O–H groups in total. The Kier molecular flexibility index (Phi) is 6.25. The maximum Gasteiger partial charge on any atom is 0.218 e. The molecule has 0 unspecified atom stereocenters. The second-order valence-electron chi connectivity index (χ2n) is 8.12. The van der Waals surface area contributed by atoms with Crippen molar-refractivity contribution < 1.29 is 14.8 Å². The fourth-order valence-electron chi connectivity index (χ4n) is 4.35. The predicted molar refractivity (Wildman–Crippen MR) is 122 cm³/mol. The molecule has 3 heterocycles. The van der Waals surface area contributed by atoms with Crippen LogP contribution in [-0.4, -0.2) is 48.2 Å². The lowest BCUT2D eigenvalue weighted by atomic mass is 10.1. The van der Waals surface area contributed by atoms with Crippen LogP contribution in [-0.2, 0) is 13.0 Å². The zero-order valence-electron chi connectivity index (χ0n) is 17.7. The number of nitrogens with zero attached hydrogens (tertiary/aromatic N) is 2. The molecule has 3 aromatic rings. The number of aryl methyl sites for hydroxylation is 2. The largest absolute Gasteiger partial charge is 0.508 e. The van der Waals surface area contributed by atoms with E-state index in [4.69, 9.17) is 0 Å². The number of nitrogens with one attached hydrogen (secondary N) is 1. The van der Waals surface area contributed by atoms with Crippen molar-refractivity contribution in [2.45, 2.75) is 26.8 Å². The number of hydrogen-bond acceptors (Lipinski definition) is 4. The molecule has 1 aromatic carbocycles. The van der Waals surface area contributed by atoms with Gasteiger partial charge in [-0.1, -0.05) is 6.07 Å². The van der Waals surface area contributed by atoms with E-state index < -0.39 is 0 Å². The van der Waals surface area contributed by atoms with E-state index >= 15 is 0 Å². The molecular weight excluding hydrogens is 394 g/mol. The van der Waals surface area contributed by atoms with Crippen molar-refractivity contribution in [3.05, 3.63) is 69.7 Å². The van der Waals surface area contributed by atoms with Crippen LogP contribution in [0.5, 0.6) is 5.75 Å². The monoisotopic (exact) mass is 424 g/mol. The minimum atomic E-state index is 0.249. The van der Waals surface area contributed by atoms with Gasteiger partial charge in [-0.05, 0) is 62.0 Å². The Labute approximate surface area is 182 Å². The Morgan fingerprint density at radius 3 is 2.53 bits per heavy atom. The number of anilines is 1. The molecule has 0 aliphatic carbocycles. The highest BCUT2D eigenvalue weighted by Crippen LogP contribution is 2.19. The number of rotatable bonds is 7. The van der Waals surface area contributed by atoms with Gasteiger partial charge in [-0.25, -0.2) is 0 Å². The van der Waals surface area contributed by atoms with E-state index in [9.17, 15) is 9.90 Å². The molecule has 0 amide bonds. The van der Waals surface area contributed by atoms with Gasteiger partial charge in [0, 0.05) is 34.1 Å². The van der Waals surface area contributed by atoms with Gasteiger partial charge in [0.2, 0.25) is 5.78 Å². The number of phenols is 1. The first-order valence-corrected chi connectivity index (χ1v) is 11.5. The number of Topliss-reactive ketones (excluding diaryl/α,β-unsaturated/α-hetero) is 1. The van der Waals surface area contributed by atoms with E-state index in [2.05, 4.69) is 46.9 Å². The lowest BCUT2D eigenvalue weighted by Gasteiger charge is -2.33. The van der Waals surface area contributed by atoms with Gasteiger partial charge in [-0.2, -0.15) is 0 Å². The van der Waals surface area contributed by atoms with Crippen LogP contribution in [0.25, 0.3) is 0 Å². The highest BCUT2D eigenvalue weighted by molar-refractivity contribution is 7.09. The second kappa shape index (κ2) is 9.06. The van der Waals surface area contributed by atoms with Crippen LogP contribution >= 0.6 is 11.3 Å². The summed E-state index contributed by atoms with van der Waals surface area (Å²) in [5.41, 5.74) is 4.27. The summed E-state index contributed by atoms with van der Waals surface area (Å²) in [6, 6.07) is 13.7. The maximum absolute atomic E-state index is 13.0. The summed E-state index contributed by atoms with van der Waals surface area (Å²) >= 11 is 1.79. The molecule has 0 bridgehead atoms. The van der Waals surface area contributed by atoms with Crippen LogP contribution in [0.4, 0.5) is 5.69 Å². The number of thiophene rings is 1. The fraction of sp³-hybridized carbons (Fsp3) is 0.375. The van der Waals surface area contributed by atoms with Crippen LogP contribution in [0.1, 0.15) is 26.6 Å². The van der Waals surface area contributed by atoms with Crippen LogP contribution < -0.4 is 9.80 Å². The number of quaternary nitrogens is 1. The van der Waals surface area contributed by atoms with Crippen molar-refractivity contribution >= 4 is 22.8 Å². The zero-order chi connectivity index (χ0) is 21.1. The number of ketones is 1. The number of piperazine rings is 1. The highest BCUT2D eigenvalue weighted by Gasteiger charge is 2.25. The third-order valence-electron chi connectivity index (χ3n) is 6.13. The first-order valence-electron chi connectivity index (χ1n) is 10.6. The number of aromatic nitrogens is 1. The van der Waals surface area contributed by atoms with Gasteiger partial charge in [-0.3, -0.25) is 4.79 Å². The average molecular weight is 425 g/mol. The van der Waals surface area contributed by atoms with E-state index in [0.29, 0.717) is 12.3 Å². The molecule has 0 saturated carbocycles. The van der Waals surface area contributed by atoms with Crippen molar-refractivity contribution in [3.63, 3.8) is 0 Å². The van der Waals surface area contributed by atoms with Gasteiger partial charge in [0.15, 0.2) is 0 Å². The maximum atomic E-state index is 13.0. The van der Waals surface area contributed by atoms with E-state index in [1.54, 1.807) is 23.5 Å². The van der Waals surface area contributed by atoms with Crippen molar-refractivity contribution in [2.24, 2.45) is 0 Å². The topological polar surface area (TPSA) is 49.9 Å². The quantitative estimate of drug-likeness (QED) is 0.574. The summed E-state index contributed by atoms with van der Waals surface area (Å²) in [4.78, 5) is 18.1. The molecule has 158 valence electrons. The molecule has 6 heteroatoms. The van der Waals surface area contributed by atoms with Gasteiger partial charge in [-0.15, -0.1) is 11.3 Å². The smallest absolute Gasteiger partial charge is 0.218 e. The van der Waals surface area contributed by atoms with E-state index in [-0.39, 0.29) is 5.78 Å². The van der Waals surface area contributed by atoms with Gasteiger partial charge in [0.05, 0.1) is 26.2 Å². The van der Waals surface area contributed by atoms with E-state index in [0.717, 1.165) is 56.1 Å². The number of carbonyl (C=O) groups excluding carboxylic acids is 1. The Hall–Kier alpha value is -2.57. The van der Waals surface area contributed by atoms with Crippen LogP contribution in [0.15, 0.2) is 47.8 Å². The number of carbonyl (C=O) groups is 1. The Balaban J connectivity index is 1.34. The lowest BCUT2D eigenvalue weighted by molar-refractivity contribution is -0.892. The first kappa shape index (κ1) is 20.7. The number of hydrogen-bond donors (Lipinski definition) is 2. The Morgan fingerprint density at radius 2 is 1.87 bits per heavy atom. The van der Waals surface area contributed by atoms with Gasteiger partial charge in [0.25, 0.3) is 0 Å². The molecule has 1 aliphatic heterocycles. The predicted octanol–water partition coefficient (Wildman–Crippen LogP) is 2.70. The van der Waals surface area contributed by atoms with Crippen LogP contribution in [0.3, 0.4) is 0 Å². The minimum absolute atomic E-state index is 0.249. The summed E-state index contributed by atoms with van der Waals surface area (Å²) in [7, 11) is 0. The third-order valence-corrected chi connectivity index (χ3v) is 7.07. The minimum Gasteiger partial charge on any atom is -0.508 e. The second-order valence-corrected chi connectivity index (χ2v) is 9.15. The fourth-order valence-corrected chi connectivity index (χ4v) is 5.05. The summed E-state index contributed by atoms with van der Waals surface area (Å²) in [5.74, 6) is 0.542. The standard InChI is InChI=1S/C24H29N3O2S/c1-18-16-23(19(2)27(18)10-9-22-4-3-15-30-22)24(29)17-25-11-13-26(14-12-25)20-5-7-21(28)8-6-20/h3-8,15-16,28H,9-14,17H2,1-2H3/p+1. The molecule has 2 aromatic heterocycles. The molecule has 1 saturated heterocycles. The van der Waals surface area contributed by atoms with Gasteiger partial charge >= 0.3 is 0 Å². The Bertz CT molecular complexity index is 984. The molecular formula is C24H30N3O2S+. The van der Waals surface area contributed by atoms with Crippen molar-refractivity contribution in [3.8, 4) is 5.75 Å². The van der Waals surface area contributed by atoms with E-state index in [1.807, 2.05) is 12.1 Å². The number of benzene rings is 1. The zero-order valence-corrected chi connectivity index (χ0v) is 18.5. The molecule has 0 radical (unpaired) electrons. The summed E-state index contributed by atoms with van der Waals surface area (Å²) in [6.45, 7) is 9.39. The first-order chi connectivity index (χ1) is 14.5. The average Bonchev–Trinajstić information content (AvgIpc) is 3.36. The highest BCUT2D eigenvalue weighted by atomic mass is 32.1. The molecule has 1 fully saturated rings. The van der Waals surface area contributed by atoms with Crippen molar-refractivity contribution in [2.75, 3.05) is 37.6 Å². The summed E-state index contributed by atoms with van der Waals surface area (Å²) in [5, 5.41) is 11.6. The van der Waals surface area contributed by atoms with Crippen molar-refractivity contribution in [1.29, 1.82) is 0 Å². The molecule has 0 spiro atoms. The lowest BCUT2D eigenvalue weighted by Crippen LogP contribution is -3.15. The van der Waals surface area contributed by atoms with E-state index in [1.165, 1.54) is 15.5 Å². The summed E-state index contributed by atoms with van der Waals surface area (Å²) < 4.78 is 2.28. The van der Waals surface area contributed by atoms with Crippen LogP contribution in [0.2, 0.25) is 0 Å². The number of aromatic hydroxyl groups is 1. The van der Waals surface area contributed by atoms with Gasteiger partial charge < -0.3 is 19.5 Å². The third kappa shape index (κ3) is 4.60.